The number of aromatic carboxylic acids is 1. The third-order valence-corrected chi connectivity index (χ3v) is 5.03. The molecule has 0 bridgehead atoms. The zero-order valence-electron chi connectivity index (χ0n) is 17.7. The van der Waals surface area contributed by atoms with E-state index in [1.54, 1.807) is 30.4 Å². The van der Waals surface area contributed by atoms with Crippen molar-refractivity contribution in [3.05, 3.63) is 76.6 Å². The van der Waals surface area contributed by atoms with Gasteiger partial charge in [0, 0.05) is 42.7 Å². The van der Waals surface area contributed by atoms with Crippen LogP contribution in [0, 0.1) is 0 Å². The largest absolute Gasteiger partial charge is 0.478 e. The van der Waals surface area contributed by atoms with E-state index in [9.17, 15) is 19.5 Å². The maximum Gasteiger partial charge on any atom is 0.336 e. The summed E-state index contributed by atoms with van der Waals surface area (Å²) in [6.45, 7) is 2.57. The van der Waals surface area contributed by atoms with Crippen LogP contribution in [-0.2, 0) is 14.3 Å². The normalized spacial score (nSPS) is 16.2. The fourth-order valence-electron chi connectivity index (χ4n) is 3.72. The minimum Gasteiger partial charge on any atom is -0.478 e. The highest BCUT2D eigenvalue weighted by Gasteiger charge is 2.31. The molecular weight excluding hydrogens is 428 g/mol. The van der Waals surface area contributed by atoms with Gasteiger partial charge in [0.15, 0.2) is 0 Å². The van der Waals surface area contributed by atoms with Gasteiger partial charge in [0.05, 0.1) is 16.9 Å². The molecule has 1 aliphatic carbocycles. The summed E-state index contributed by atoms with van der Waals surface area (Å²) in [5, 5.41) is 9.84. The van der Waals surface area contributed by atoms with Crippen molar-refractivity contribution in [1.29, 1.82) is 0 Å². The van der Waals surface area contributed by atoms with Crippen LogP contribution < -0.4 is 20.9 Å². The molecule has 5 N–H and O–H groups in total. The molecule has 0 amide bonds. The van der Waals surface area contributed by atoms with E-state index in [0.29, 0.717) is 33.8 Å². The number of carboxylic acid groups (broad SMARTS) is 1. The number of anilines is 2. The molecular formula is C24H20N2O7. The van der Waals surface area contributed by atoms with Crippen molar-refractivity contribution in [1.82, 2.24) is 0 Å². The van der Waals surface area contributed by atoms with Gasteiger partial charge < -0.3 is 30.8 Å². The number of nitrogens with two attached hydrogens (primary N) is 2. The van der Waals surface area contributed by atoms with E-state index in [0.717, 1.165) is 0 Å². The number of esters is 2. The number of carbonyl (C=O) groups excluding carboxylic acids is 2. The van der Waals surface area contributed by atoms with E-state index in [1.807, 2.05) is 0 Å². The Morgan fingerprint density at radius 1 is 1.00 bits per heavy atom. The van der Waals surface area contributed by atoms with Crippen LogP contribution in [0.4, 0.5) is 11.4 Å². The summed E-state index contributed by atoms with van der Waals surface area (Å²) in [5.74, 6) is -1.24. The molecule has 0 saturated heterocycles. The van der Waals surface area contributed by atoms with E-state index >= 15 is 0 Å². The highest BCUT2D eigenvalue weighted by atomic mass is 16.5. The number of hydrogen-bond donors (Lipinski definition) is 3. The zero-order chi connectivity index (χ0) is 23.9. The summed E-state index contributed by atoms with van der Waals surface area (Å²) < 4.78 is 16.4. The SMILES string of the molecule is CC(=O)Oc1ccc2c(c1)OC1=CC(OC(C)=O)C=CC1=C2c1cc(N)c(N)cc1C(=O)O. The molecule has 2 aromatic carbocycles. The molecule has 1 unspecified atom stereocenters. The Kier molecular flexibility index (Phi) is 5.39. The molecule has 0 fully saturated rings. The first-order chi connectivity index (χ1) is 15.6. The second-order valence-corrected chi connectivity index (χ2v) is 7.44. The van der Waals surface area contributed by atoms with Gasteiger partial charge in [-0.1, -0.05) is 6.08 Å². The standard InChI is InChI=1S/C24H20N2O7/c1-11(27)31-13-3-5-15-21(7-13)33-22-8-14(32-12(2)28)4-6-16(22)23(15)17-9-19(25)20(26)10-18(17)24(29)30/h3-10,13H,25-26H2,1-2H3,(H,29,30). The van der Waals surface area contributed by atoms with Crippen molar-refractivity contribution < 1.29 is 33.7 Å². The quantitative estimate of drug-likeness (QED) is 0.364. The molecule has 33 heavy (non-hydrogen) atoms. The average molecular weight is 448 g/mol. The Morgan fingerprint density at radius 3 is 2.39 bits per heavy atom. The first-order valence-corrected chi connectivity index (χ1v) is 9.89. The van der Waals surface area contributed by atoms with Crippen molar-refractivity contribution >= 4 is 34.9 Å². The maximum absolute atomic E-state index is 12.1. The van der Waals surface area contributed by atoms with Crippen molar-refractivity contribution in [3.8, 4) is 11.5 Å². The van der Waals surface area contributed by atoms with Gasteiger partial charge in [-0.25, -0.2) is 4.79 Å². The maximum atomic E-state index is 12.1. The van der Waals surface area contributed by atoms with Crippen molar-refractivity contribution in [2.75, 3.05) is 11.5 Å². The van der Waals surface area contributed by atoms with Crippen LogP contribution >= 0.6 is 0 Å². The second kappa shape index (κ2) is 8.19. The molecule has 0 saturated carbocycles. The first-order valence-electron chi connectivity index (χ1n) is 9.89. The van der Waals surface area contributed by atoms with E-state index in [2.05, 4.69) is 0 Å². The van der Waals surface area contributed by atoms with Crippen LogP contribution in [0.5, 0.6) is 11.5 Å². The summed E-state index contributed by atoms with van der Waals surface area (Å²) in [6, 6.07) is 7.57. The average Bonchev–Trinajstić information content (AvgIpc) is 2.72. The Labute approximate surface area is 188 Å². The van der Waals surface area contributed by atoms with Crippen molar-refractivity contribution in [2.24, 2.45) is 0 Å². The molecule has 2 aliphatic rings. The Hall–Kier alpha value is -4.53. The number of allylic oxidation sites excluding steroid dienone is 1. The van der Waals surface area contributed by atoms with Crippen LogP contribution in [0.2, 0.25) is 0 Å². The monoisotopic (exact) mass is 448 g/mol. The number of nitrogen functional groups attached to an aromatic ring is 2. The van der Waals surface area contributed by atoms with E-state index in [4.69, 9.17) is 25.7 Å². The van der Waals surface area contributed by atoms with E-state index in [1.165, 1.54) is 32.0 Å². The fourth-order valence-corrected chi connectivity index (χ4v) is 3.72. The molecule has 4 rings (SSSR count). The van der Waals surface area contributed by atoms with Crippen LogP contribution in [0.15, 0.2) is 59.9 Å². The van der Waals surface area contributed by atoms with Crippen LogP contribution in [0.3, 0.4) is 0 Å². The van der Waals surface area contributed by atoms with Gasteiger partial charge in [-0.05, 0) is 35.9 Å². The van der Waals surface area contributed by atoms with Gasteiger partial charge in [-0.2, -0.15) is 0 Å². The van der Waals surface area contributed by atoms with Crippen LogP contribution in [0.25, 0.3) is 5.57 Å². The van der Waals surface area contributed by atoms with Gasteiger partial charge in [-0.15, -0.1) is 0 Å². The van der Waals surface area contributed by atoms with Crippen LogP contribution in [-0.4, -0.2) is 29.1 Å². The van der Waals surface area contributed by atoms with Gasteiger partial charge >= 0.3 is 17.9 Å². The summed E-state index contributed by atoms with van der Waals surface area (Å²) in [5.41, 5.74) is 14.2. The molecule has 9 heteroatoms. The first kappa shape index (κ1) is 21.7. The lowest BCUT2D eigenvalue weighted by molar-refractivity contribution is -0.142. The number of carbonyl (C=O) groups is 3. The summed E-state index contributed by atoms with van der Waals surface area (Å²) in [4.78, 5) is 34.9. The number of rotatable bonds is 4. The molecule has 9 nitrogen and oxygen atoms in total. The predicted octanol–water partition coefficient (Wildman–Crippen LogP) is 3.05. The van der Waals surface area contributed by atoms with E-state index in [-0.39, 0.29) is 22.7 Å². The molecule has 2 aromatic rings. The molecule has 1 atom stereocenters. The highest BCUT2D eigenvalue weighted by Crippen LogP contribution is 2.46. The molecule has 168 valence electrons. The Bertz CT molecular complexity index is 1300. The second-order valence-electron chi connectivity index (χ2n) is 7.44. The van der Waals surface area contributed by atoms with Crippen molar-refractivity contribution in [3.63, 3.8) is 0 Å². The van der Waals surface area contributed by atoms with Gasteiger partial charge in [-0.3, -0.25) is 9.59 Å². The number of carboxylic acids is 1. The number of hydrogen-bond acceptors (Lipinski definition) is 8. The third-order valence-electron chi connectivity index (χ3n) is 5.03. The number of ether oxygens (including phenoxy) is 3. The minimum atomic E-state index is -1.18. The molecule has 0 spiro atoms. The van der Waals surface area contributed by atoms with E-state index < -0.39 is 24.0 Å². The number of fused-ring (bicyclic) bond motifs is 2. The summed E-state index contributed by atoms with van der Waals surface area (Å²) in [6.07, 6.45) is 4.28. The van der Waals surface area contributed by atoms with Gasteiger partial charge in [0.2, 0.25) is 0 Å². The van der Waals surface area contributed by atoms with Crippen LogP contribution in [0.1, 0.15) is 35.3 Å². The fraction of sp³-hybridized carbons (Fsp3) is 0.125. The molecule has 1 aliphatic heterocycles. The Morgan fingerprint density at radius 2 is 1.73 bits per heavy atom. The lowest BCUT2D eigenvalue weighted by Crippen LogP contribution is -2.20. The van der Waals surface area contributed by atoms with Gasteiger partial charge in [0.25, 0.3) is 0 Å². The minimum absolute atomic E-state index is 0.0454. The zero-order valence-corrected chi connectivity index (χ0v) is 17.7. The Balaban J connectivity index is 1.98. The topological polar surface area (TPSA) is 151 Å². The smallest absolute Gasteiger partial charge is 0.336 e. The van der Waals surface area contributed by atoms with Gasteiger partial charge in [0.1, 0.15) is 23.4 Å². The molecule has 1 heterocycles. The molecule has 0 radical (unpaired) electrons. The van der Waals surface area contributed by atoms with Crippen molar-refractivity contribution in [2.45, 2.75) is 20.0 Å². The third kappa shape index (κ3) is 4.16. The number of benzene rings is 2. The highest BCUT2D eigenvalue weighted by molar-refractivity contribution is 6.02. The summed E-state index contributed by atoms with van der Waals surface area (Å²) >= 11 is 0. The lowest BCUT2D eigenvalue weighted by Gasteiger charge is -2.29. The summed E-state index contributed by atoms with van der Waals surface area (Å²) in [7, 11) is 0. The lowest BCUT2D eigenvalue weighted by atomic mass is 9.85. The predicted molar refractivity (Wildman–Crippen MR) is 119 cm³/mol. The molecule has 0 aromatic heterocycles.